The molecule has 1 rings (SSSR count). The lowest BCUT2D eigenvalue weighted by atomic mass is 10.0. The topological polar surface area (TPSA) is 96.3 Å². The molecule has 0 heterocycles. The molecule has 4 atom stereocenters. The molecule has 7 nitrogen and oxygen atoms in total. The second kappa shape index (κ2) is 20.5. The molecule has 0 saturated heterocycles. The number of nitrogens with zero attached hydrogens (tertiary/aromatic N) is 1. The summed E-state index contributed by atoms with van der Waals surface area (Å²) in [5.41, 5.74) is 0.0357. The first-order valence-corrected chi connectivity index (χ1v) is 16.1. The zero-order chi connectivity index (χ0) is 28.3. The van der Waals surface area contributed by atoms with Crippen LogP contribution in [-0.4, -0.2) is 58.0 Å². The molecule has 9 heteroatoms. The van der Waals surface area contributed by atoms with Gasteiger partial charge in [0.25, 0.3) is 0 Å². The highest BCUT2D eigenvalue weighted by Gasteiger charge is 2.25. The predicted molar refractivity (Wildman–Crippen MR) is 160 cm³/mol. The van der Waals surface area contributed by atoms with Crippen LogP contribution in [0.1, 0.15) is 84.6 Å². The van der Waals surface area contributed by atoms with Crippen LogP contribution < -0.4 is 4.90 Å². The lowest BCUT2D eigenvalue weighted by molar-refractivity contribution is -0.146. The van der Waals surface area contributed by atoms with Crippen molar-refractivity contribution >= 4 is 41.1 Å². The van der Waals surface area contributed by atoms with E-state index in [9.17, 15) is 19.8 Å². The van der Waals surface area contributed by atoms with Crippen molar-refractivity contribution in [3.63, 3.8) is 0 Å². The van der Waals surface area contributed by atoms with E-state index in [2.05, 4.69) is 27.7 Å². The quantitative estimate of drug-likeness (QED) is 0.130. The first-order chi connectivity index (χ1) is 18.2. The second-order valence-electron chi connectivity index (χ2n) is 9.81. The molecule has 218 valence electrons. The third-order valence-corrected chi connectivity index (χ3v) is 8.82. The Hall–Kier alpha value is -1.42. The number of carboxylic acids is 2. The van der Waals surface area contributed by atoms with Crippen LogP contribution in [0.25, 0.3) is 0 Å². The van der Waals surface area contributed by atoms with E-state index >= 15 is 0 Å². The second-order valence-corrected chi connectivity index (χ2v) is 11.8. The Morgan fingerprint density at radius 1 is 0.789 bits per heavy atom. The van der Waals surface area contributed by atoms with E-state index in [0.29, 0.717) is 36.8 Å². The van der Waals surface area contributed by atoms with E-state index in [0.717, 1.165) is 62.6 Å². The molecule has 0 fully saturated rings. The van der Waals surface area contributed by atoms with Crippen molar-refractivity contribution in [3.05, 3.63) is 29.8 Å². The maximum Gasteiger partial charge on any atom is 0.343 e. The van der Waals surface area contributed by atoms with Crippen molar-refractivity contribution in [1.29, 1.82) is 0 Å². The number of hydrogen-bond acceptors (Lipinski definition) is 7. The smallest absolute Gasteiger partial charge is 0.343 e. The number of unbranched alkanes of at least 4 members (excludes halogenated alkanes) is 2. The summed E-state index contributed by atoms with van der Waals surface area (Å²) in [7, 11) is 0. The third kappa shape index (κ3) is 14.1. The molecule has 0 amide bonds. The van der Waals surface area contributed by atoms with Crippen molar-refractivity contribution < 1.29 is 29.3 Å². The fraction of sp³-hybridized carbons (Fsp3) is 0.724. The highest BCUT2D eigenvalue weighted by atomic mass is 32.2. The Morgan fingerprint density at radius 2 is 1.21 bits per heavy atom. The van der Waals surface area contributed by atoms with E-state index in [1.165, 1.54) is 23.5 Å². The molecule has 0 aliphatic heterocycles. The van der Waals surface area contributed by atoms with Gasteiger partial charge < -0.3 is 24.6 Å². The summed E-state index contributed by atoms with van der Waals surface area (Å²) < 4.78 is 11.7. The number of aryl methyl sites for hydroxylation is 1. The summed E-state index contributed by atoms with van der Waals surface area (Å²) in [6.45, 7) is 11.4. The largest absolute Gasteiger partial charge is 0.479 e. The lowest BCUT2D eigenvalue weighted by Crippen LogP contribution is -2.31. The standard InChI is InChI=1S/C29H49NO6S2/c1-6-10-12-23(8-3)18-35-28(26(31)32)37-20-30(25-16-14-22(5)15-17-25)21-38-29(27(33)34)36-19-24(9-4)13-11-7-2/h14-17,23-24,28-29H,6-13,18-21H2,1-5H3,(H,31,32)(H,33,34). The van der Waals surface area contributed by atoms with E-state index in [1.807, 2.05) is 36.1 Å². The van der Waals surface area contributed by atoms with Crippen LogP contribution >= 0.6 is 23.5 Å². The summed E-state index contributed by atoms with van der Waals surface area (Å²) in [6.07, 6.45) is 8.40. The van der Waals surface area contributed by atoms with Gasteiger partial charge in [0.05, 0.1) is 25.0 Å². The number of hydrogen-bond donors (Lipinski definition) is 2. The van der Waals surface area contributed by atoms with Gasteiger partial charge in [-0.25, -0.2) is 9.59 Å². The number of ether oxygens (including phenoxy) is 2. The number of carboxylic acid groups (broad SMARTS) is 2. The first kappa shape index (κ1) is 34.6. The van der Waals surface area contributed by atoms with E-state index < -0.39 is 22.8 Å². The molecule has 0 bridgehead atoms. The first-order valence-electron chi connectivity index (χ1n) is 14.0. The van der Waals surface area contributed by atoms with Gasteiger partial charge in [0.15, 0.2) is 0 Å². The van der Waals surface area contributed by atoms with Crippen LogP contribution in [0.15, 0.2) is 24.3 Å². The van der Waals surface area contributed by atoms with Gasteiger partial charge in [0.2, 0.25) is 10.9 Å². The molecule has 0 saturated carbocycles. The Kier molecular flexibility index (Phi) is 18.7. The third-order valence-electron chi connectivity index (χ3n) is 6.62. The van der Waals surface area contributed by atoms with Gasteiger partial charge >= 0.3 is 11.9 Å². The van der Waals surface area contributed by atoms with Crippen LogP contribution in [-0.2, 0) is 19.1 Å². The summed E-state index contributed by atoms with van der Waals surface area (Å²) >= 11 is 2.41. The predicted octanol–water partition coefficient (Wildman–Crippen LogP) is 7.47. The molecule has 0 spiro atoms. The van der Waals surface area contributed by atoms with Crippen LogP contribution in [0.4, 0.5) is 5.69 Å². The number of aliphatic carboxylic acids is 2. The summed E-state index contributed by atoms with van der Waals surface area (Å²) in [4.78, 5) is 25.9. The monoisotopic (exact) mass is 571 g/mol. The minimum absolute atomic E-state index is 0.346. The van der Waals surface area contributed by atoms with E-state index in [-0.39, 0.29) is 0 Å². The van der Waals surface area contributed by atoms with Crippen LogP contribution in [0.2, 0.25) is 0 Å². The minimum atomic E-state index is -0.999. The summed E-state index contributed by atoms with van der Waals surface area (Å²) in [5.74, 6) is -0.612. The van der Waals surface area contributed by atoms with E-state index in [1.54, 1.807) is 0 Å². The van der Waals surface area contributed by atoms with Crippen molar-refractivity contribution in [2.24, 2.45) is 11.8 Å². The Bertz CT molecular complexity index is 737. The Labute approximate surface area is 238 Å². The Morgan fingerprint density at radius 3 is 1.55 bits per heavy atom. The van der Waals surface area contributed by atoms with Gasteiger partial charge in [-0.3, -0.25) is 0 Å². The molecule has 2 N–H and O–H groups in total. The van der Waals surface area contributed by atoms with Crippen molar-refractivity contribution in [2.75, 3.05) is 29.9 Å². The number of carbonyl (C=O) groups is 2. The summed E-state index contributed by atoms with van der Waals surface area (Å²) in [5, 5.41) is 19.6. The number of thioether (sulfide) groups is 2. The molecule has 0 radical (unpaired) electrons. The molecule has 4 unspecified atom stereocenters. The van der Waals surface area contributed by atoms with Crippen molar-refractivity contribution in [2.45, 2.75) is 96.9 Å². The summed E-state index contributed by atoms with van der Waals surface area (Å²) in [6, 6.07) is 7.93. The van der Waals surface area contributed by atoms with Crippen LogP contribution in [0.3, 0.4) is 0 Å². The average Bonchev–Trinajstić information content (AvgIpc) is 2.90. The zero-order valence-corrected chi connectivity index (χ0v) is 25.5. The zero-order valence-electron chi connectivity index (χ0n) is 23.9. The van der Waals surface area contributed by atoms with Gasteiger partial charge in [0, 0.05) is 5.69 Å². The fourth-order valence-electron chi connectivity index (χ4n) is 3.88. The minimum Gasteiger partial charge on any atom is -0.479 e. The molecule has 0 aliphatic rings. The highest BCUT2D eigenvalue weighted by molar-refractivity contribution is 8.01. The number of anilines is 1. The van der Waals surface area contributed by atoms with Gasteiger partial charge in [-0.15, -0.1) is 0 Å². The molecule has 0 aromatic heterocycles. The van der Waals surface area contributed by atoms with Gasteiger partial charge in [0.1, 0.15) is 0 Å². The average molecular weight is 572 g/mol. The van der Waals surface area contributed by atoms with E-state index in [4.69, 9.17) is 9.47 Å². The molecule has 0 aliphatic carbocycles. The van der Waals surface area contributed by atoms with Gasteiger partial charge in [-0.05, 0) is 43.7 Å². The number of benzene rings is 1. The van der Waals surface area contributed by atoms with Crippen LogP contribution in [0, 0.1) is 18.8 Å². The molecule has 1 aromatic carbocycles. The number of rotatable bonds is 23. The maximum atomic E-state index is 11.9. The molecular weight excluding hydrogens is 522 g/mol. The van der Waals surface area contributed by atoms with Gasteiger partial charge in [-0.2, -0.15) is 0 Å². The SMILES string of the molecule is CCCCC(CC)COC(SCN(CSC(OCC(CC)CCCC)C(=O)O)c1ccc(C)cc1)C(=O)O. The maximum absolute atomic E-state index is 11.9. The van der Waals surface area contributed by atoms with Gasteiger partial charge in [-0.1, -0.05) is 107 Å². The Balaban J connectivity index is 2.85. The molecular formula is C29H49NO6S2. The fourth-order valence-corrected chi connectivity index (χ4v) is 5.74. The van der Waals surface area contributed by atoms with Crippen molar-refractivity contribution in [1.82, 2.24) is 0 Å². The van der Waals surface area contributed by atoms with Crippen molar-refractivity contribution in [3.8, 4) is 0 Å². The lowest BCUT2D eigenvalue weighted by Gasteiger charge is -2.28. The normalized spacial score (nSPS) is 14.6. The van der Waals surface area contributed by atoms with Crippen LogP contribution in [0.5, 0.6) is 0 Å². The molecule has 1 aromatic rings. The highest BCUT2D eigenvalue weighted by Crippen LogP contribution is 2.27. The molecule has 38 heavy (non-hydrogen) atoms.